The molecule has 0 saturated heterocycles. The fraction of sp³-hybridized carbons (Fsp3) is 1.00. The van der Waals surface area contributed by atoms with Crippen LogP contribution in [0.5, 0.6) is 0 Å². The maximum absolute atomic E-state index is 6.28. The van der Waals surface area contributed by atoms with Crippen molar-refractivity contribution in [1.82, 2.24) is 0 Å². The van der Waals surface area contributed by atoms with Crippen molar-refractivity contribution in [3.05, 3.63) is 0 Å². The molecule has 4 fully saturated rings. The first kappa shape index (κ1) is 12.0. The van der Waals surface area contributed by atoms with Crippen molar-refractivity contribution in [2.75, 3.05) is 0 Å². The van der Waals surface area contributed by atoms with Crippen molar-refractivity contribution in [2.24, 2.45) is 41.2 Å². The molecule has 0 aromatic carbocycles. The second kappa shape index (κ2) is 3.98. The molecular weight excluding hydrogens is 206 g/mol. The number of nitrogens with two attached hydrogens (primary N) is 1. The van der Waals surface area contributed by atoms with Gasteiger partial charge in [0, 0.05) is 5.54 Å². The highest BCUT2D eigenvalue weighted by molar-refractivity contribution is 4.99. The molecule has 17 heavy (non-hydrogen) atoms. The summed E-state index contributed by atoms with van der Waals surface area (Å²) in [4.78, 5) is 0. The van der Waals surface area contributed by atoms with E-state index in [4.69, 9.17) is 5.73 Å². The first-order valence-electron chi connectivity index (χ1n) is 7.72. The Bertz CT molecular complexity index is 260. The Morgan fingerprint density at radius 3 is 1.88 bits per heavy atom. The first-order chi connectivity index (χ1) is 7.93. The molecule has 0 radical (unpaired) electrons. The summed E-state index contributed by atoms with van der Waals surface area (Å²) in [7, 11) is 0. The van der Waals surface area contributed by atoms with E-state index in [-0.39, 0.29) is 5.54 Å². The lowest BCUT2D eigenvalue weighted by molar-refractivity contribution is -0.0478. The predicted molar refractivity (Wildman–Crippen MR) is 72.6 cm³/mol. The van der Waals surface area contributed by atoms with Crippen LogP contribution < -0.4 is 5.73 Å². The maximum atomic E-state index is 6.28. The van der Waals surface area contributed by atoms with Gasteiger partial charge >= 0.3 is 0 Å². The Morgan fingerprint density at radius 2 is 1.47 bits per heavy atom. The minimum absolute atomic E-state index is 0.00860. The standard InChI is InChI=1S/C16H29N/c1-10(16(2,3)17)4-15-13-6-11-5-12(8-13)9-14(15)7-11/h10-15H,4-9,17H2,1-3H3. The van der Waals surface area contributed by atoms with Gasteiger partial charge in [-0.15, -0.1) is 0 Å². The van der Waals surface area contributed by atoms with Crippen LogP contribution in [0.3, 0.4) is 0 Å². The van der Waals surface area contributed by atoms with Gasteiger partial charge in [-0.1, -0.05) is 6.92 Å². The lowest BCUT2D eigenvalue weighted by atomic mass is 9.50. The quantitative estimate of drug-likeness (QED) is 0.790. The van der Waals surface area contributed by atoms with E-state index >= 15 is 0 Å². The zero-order chi connectivity index (χ0) is 12.2. The average molecular weight is 235 g/mol. The molecule has 2 N–H and O–H groups in total. The Hall–Kier alpha value is -0.0400. The second-order valence-corrected chi connectivity index (χ2v) is 8.05. The molecular formula is C16H29N. The normalized spacial score (nSPS) is 46.2. The monoisotopic (exact) mass is 235 g/mol. The maximum Gasteiger partial charge on any atom is 0.0123 e. The molecule has 0 aromatic rings. The van der Waals surface area contributed by atoms with Crippen LogP contribution in [-0.4, -0.2) is 5.54 Å². The van der Waals surface area contributed by atoms with Gasteiger partial charge in [-0.25, -0.2) is 0 Å². The van der Waals surface area contributed by atoms with Gasteiger partial charge in [0.05, 0.1) is 0 Å². The highest BCUT2D eigenvalue weighted by Crippen LogP contribution is 2.58. The molecule has 0 aliphatic heterocycles. The zero-order valence-electron chi connectivity index (χ0n) is 11.8. The third-order valence-electron chi connectivity index (χ3n) is 6.32. The van der Waals surface area contributed by atoms with E-state index in [2.05, 4.69) is 20.8 Å². The largest absolute Gasteiger partial charge is 0.325 e. The predicted octanol–water partition coefficient (Wildman–Crippen LogP) is 3.82. The number of hydrogen-bond donors (Lipinski definition) is 1. The van der Waals surface area contributed by atoms with Gasteiger partial charge in [-0.05, 0) is 87.9 Å². The molecule has 4 aliphatic carbocycles. The topological polar surface area (TPSA) is 26.0 Å². The number of hydrogen-bond acceptors (Lipinski definition) is 1. The van der Waals surface area contributed by atoms with E-state index in [0.717, 1.165) is 29.6 Å². The zero-order valence-corrected chi connectivity index (χ0v) is 11.8. The highest BCUT2D eigenvalue weighted by Gasteiger charge is 2.48. The highest BCUT2D eigenvalue weighted by atomic mass is 14.7. The van der Waals surface area contributed by atoms with E-state index in [1.54, 1.807) is 32.1 Å². The van der Waals surface area contributed by atoms with Crippen LogP contribution in [-0.2, 0) is 0 Å². The lowest BCUT2D eigenvalue weighted by Gasteiger charge is -2.55. The molecule has 4 aliphatic rings. The summed E-state index contributed by atoms with van der Waals surface area (Å²) in [5.74, 6) is 6.03. The lowest BCUT2D eigenvalue weighted by Crippen LogP contribution is -2.48. The summed E-state index contributed by atoms with van der Waals surface area (Å²) in [6, 6.07) is 0. The Balaban J connectivity index is 1.68. The Labute approximate surface area is 107 Å². The van der Waals surface area contributed by atoms with Crippen LogP contribution in [0.1, 0.15) is 59.3 Å². The molecule has 0 heterocycles. The van der Waals surface area contributed by atoms with Gasteiger partial charge in [0.2, 0.25) is 0 Å². The average Bonchev–Trinajstić information content (AvgIpc) is 2.20. The van der Waals surface area contributed by atoms with Crippen LogP contribution in [0.2, 0.25) is 0 Å². The summed E-state index contributed by atoms with van der Waals surface area (Å²) < 4.78 is 0. The molecule has 1 atom stereocenters. The van der Waals surface area contributed by atoms with Gasteiger partial charge in [0.15, 0.2) is 0 Å². The summed E-state index contributed by atoms with van der Waals surface area (Å²) in [5.41, 5.74) is 6.29. The van der Waals surface area contributed by atoms with Crippen molar-refractivity contribution in [2.45, 2.75) is 64.8 Å². The SMILES string of the molecule is CC(CC1C2CC3CC(C2)CC1C3)C(C)(C)N. The molecule has 0 spiro atoms. The fourth-order valence-corrected chi connectivity index (χ4v) is 5.13. The Kier molecular flexibility index (Phi) is 2.81. The molecule has 1 heteroatoms. The number of rotatable bonds is 3. The minimum atomic E-state index is 0.00860. The van der Waals surface area contributed by atoms with Crippen LogP contribution in [0.4, 0.5) is 0 Å². The summed E-state index contributed by atoms with van der Waals surface area (Å²) in [6.45, 7) is 6.77. The van der Waals surface area contributed by atoms with Crippen LogP contribution in [0.25, 0.3) is 0 Å². The van der Waals surface area contributed by atoms with Crippen molar-refractivity contribution in [1.29, 1.82) is 0 Å². The van der Waals surface area contributed by atoms with E-state index < -0.39 is 0 Å². The molecule has 4 rings (SSSR count). The van der Waals surface area contributed by atoms with Crippen LogP contribution >= 0.6 is 0 Å². The van der Waals surface area contributed by atoms with Crippen LogP contribution in [0, 0.1) is 35.5 Å². The van der Waals surface area contributed by atoms with E-state index in [9.17, 15) is 0 Å². The second-order valence-electron chi connectivity index (χ2n) is 8.05. The summed E-state index contributed by atoms with van der Waals surface area (Å²) in [6.07, 6.45) is 9.16. The van der Waals surface area contributed by atoms with E-state index in [1.807, 2.05) is 0 Å². The molecule has 1 unspecified atom stereocenters. The van der Waals surface area contributed by atoms with E-state index in [0.29, 0.717) is 5.92 Å². The van der Waals surface area contributed by atoms with Crippen molar-refractivity contribution in [3.8, 4) is 0 Å². The first-order valence-corrected chi connectivity index (χ1v) is 7.72. The van der Waals surface area contributed by atoms with Gasteiger partial charge in [-0.3, -0.25) is 0 Å². The molecule has 4 saturated carbocycles. The van der Waals surface area contributed by atoms with E-state index in [1.165, 1.54) is 6.42 Å². The van der Waals surface area contributed by atoms with Crippen LogP contribution in [0.15, 0.2) is 0 Å². The molecule has 4 bridgehead atoms. The van der Waals surface area contributed by atoms with Gasteiger partial charge < -0.3 is 5.73 Å². The molecule has 0 amide bonds. The third-order valence-corrected chi connectivity index (χ3v) is 6.32. The van der Waals surface area contributed by atoms with Gasteiger partial charge in [0.25, 0.3) is 0 Å². The smallest absolute Gasteiger partial charge is 0.0123 e. The minimum Gasteiger partial charge on any atom is -0.325 e. The van der Waals surface area contributed by atoms with Gasteiger partial charge in [-0.2, -0.15) is 0 Å². The molecule has 98 valence electrons. The van der Waals surface area contributed by atoms with Crippen molar-refractivity contribution >= 4 is 0 Å². The van der Waals surface area contributed by atoms with Crippen molar-refractivity contribution in [3.63, 3.8) is 0 Å². The summed E-state index contributed by atoms with van der Waals surface area (Å²) in [5, 5.41) is 0. The van der Waals surface area contributed by atoms with Gasteiger partial charge in [0.1, 0.15) is 0 Å². The third kappa shape index (κ3) is 2.16. The molecule has 0 aromatic heterocycles. The van der Waals surface area contributed by atoms with Crippen molar-refractivity contribution < 1.29 is 0 Å². The fourth-order valence-electron chi connectivity index (χ4n) is 5.13. The molecule has 1 nitrogen and oxygen atoms in total. The Morgan fingerprint density at radius 1 is 1.00 bits per heavy atom. The summed E-state index contributed by atoms with van der Waals surface area (Å²) >= 11 is 0.